The number of nitrogens with zero attached hydrogens (tertiary/aromatic N) is 1. The Morgan fingerprint density at radius 2 is 2.00 bits per heavy atom. The molecule has 0 N–H and O–H groups in total. The number of methoxy groups -OCH3 is 2. The largest absolute Gasteiger partial charge is 0.497 e. The maximum Gasteiger partial charge on any atom is 0.302 e. The Labute approximate surface area is 160 Å². The molecule has 0 spiro atoms. The molecule has 0 radical (unpaired) electrons. The number of amides is 1. The van der Waals surface area contributed by atoms with Gasteiger partial charge in [0.2, 0.25) is 5.91 Å². The van der Waals surface area contributed by atoms with Crippen LogP contribution in [-0.4, -0.2) is 45.4 Å². The molecule has 1 aromatic rings. The number of benzene rings is 1. The summed E-state index contributed by atoms with van der Waals surface area (Å²) in [6.07, 6.45) is 5.68. The van der Waals surface area contributed by atoms with Gasteiger partial charge in [0.15, 0.2) is 0 Å². The molecule has 146 valence electrons. The van der Waals surface area contributed by atoms with Gasteiger partial charge in [-0.3, -0.25) is 9.59 Å². The third kappa shape index (κ3) is 3.72. The average molecular weight is 373 g/mol. The van der Waals surface area contributed by atoms with Crippen LogP contribution in [0.3, 0.4) is 0 Å². The van der Waals surface area contributed by atoms with Crippen molar-refractivity contribution in [2.45, 2.75) is 32.3 Å². The second-order valence-corrected chi connectivity index (χ2v) is 7.12. The van der Waals surface area contributed by atoms with Crippen LogP contribution < -0.4 is 9.64 Å². The molecule has 0 saturated carbocycles. The predicted octanol–water partition coefficient (Wildman–Crippen LogP) is 2.96. The van der Waals surface area contributed by atoms with E-state index in [9.17, 15) is 9.59 Å². The fourth-order valence-electron chi connectivity index (χ4n) is 4.32. The molecule has 3 atom stereocenters. The Balaban J connectivity index is 1.93. The number of piperidine rings is 1. The van der Waals surface area contributed by atoms with E-state index >= 15 is 0 Å². The van der Waals surface area contributed by atoms with Gasteiger partial charge in [0.25, 0.3) is 0 Å². The number of fused-ring (bicyclic) bond motifs is 1. The Morgan fingerprint density at radius 3 is 2.63 bits per heavy atom. The van der Waals surface area contributed by atoms with Crippen LogP contribution in [0.15, 0.2) is 36.4 Å². The van der Waals surface area contributed by atoms with Crippen LogP contribution in [-0.2, 0) is 19.1 Å². The predicted molar refractivity (Wildman–Crippen MR) is 102 cm³/mol. The van der Waals surface area contributed by atoms with Gasteiger partial charge in [-0.25, -0.2) is 0 Å². The average Bonchev–Trinajstić information content (AvgIpc) is 2.67. The summed E-state index contributed by atoms with van der Waals surface area (Å²) in [7, 11) is 3.25. The summed E-state index contributed by atoms with van der Waals surface area (Å²) >= 11 is 0. The molecular formula is C21H27NO5. The summed E-state index contributed by atoms with van der Waals surface area (Å²) in [5.41, 5.74) is 0.131. The zero-order valence-corrected chi connectivity index (χ0v) is 16.1. The molecule has 27 heavy (non-hydrogen) atoms. The standard InChI is InChI=1S/C21H27NO5/c1-15(23)27-19-5-4-11-21(12-14-25-2)18(19)10-13-22(20(21)24)16-6-8-17(26-3)9-7-16/h4,6-9,11,18-19H,5,10,12-14H2,1-3H3/t18-,19-,21-/m0/s1. The number of hydrogen-bond acceptors (Lipinski definition) is 5. The molecule has 1 heterocycles. The van der Waals surface area contributed by atoms with Gasteiger partial charge < -0.3 is 19.1 Å². The van der Waals surface area contributed by atoms with Gasteiger partial charge in [-0.05, 0) is 37.1 Å². The Morgan fingerprint density at radius 1 is 1.26 bits per heavy atom. The maximum atomic E-state index is 13.6. The Hall–Kier alpha value is -2.34. The van der Waals surface area contributed by atoms with Crippen LogP contribution in [0.5, 0.6) is 5.75 Å². The highest BCUT2D eigenvalue weighted by Crippen LogP contribution is 2.48. The second kappa shape index (κ2) is 8.13. The van der Waals surface area contributed by atoms with Crippen LogP contribution in [0.4, 0.5) is 5.69 Å². The first-order chi connectivity index (χ1) is 13.0. The van der Waals surface area contributed by atoms with Crippen molar-refractivity contribution in [1.82, 2.24) is 0 Å². The lowest BCUT2D eigenvalue weighted by molar-refractivity contribution is -0.157. The summed E-state index contributed by atoms with van der Waals surface area (Å²) < 4.78 is 16.1. The Bertz CT molecular complexity index is 714. The lowest BCUT2D eigenvalue weighted by atomic mass is 9.62. The molecule has 0 aromatic heterocycles. The molecule has 1 aliphatic heterocycles. The smallest absolute Gasteiger partial charge is 0.302 e. The van der Waals surface area contributed by atoms with Crippen LogP contribution in [0, 0.1) is 11.3 Å². The van der Waals surface area contributed by atoms with Crippen LogP contribution in [0.2, 0.25) is 0 Å². The number of hydrogen-bond donors (Lipinski definition) is 0. The molecule has 6 nitrogen and oxygen atoms in total. The normalized spacial score (nSPS) is 27.2. The Kier molecular flexibility index (Phi) is 5.85. The third-order valence-corrected chi connectivity index (χ3v) is 5.62. The first kappa shape index (κ1) is 19.4. The SMILES string of the molecule is COCC[C@@]12C=CC[C@H](OC(C)=O)[C@@H]1CCN(c1ccc(OC)cc1)C2=O. The lowest BCUT2D eigenvalue weighted by Crippen LogP contribution is -2.58. The quantitative estimate of drug-likeness (QED) is 0.567. The van der Waals surface area contributed by atoms with E-state index in [2.05, 4.69) is 0 Å². The van der Waals surface area contributed by atoms with Crippen molar-refractivity contribution in [2.75, 3.05) is 32.3 Å². The zero-order chi connectivity index (χ0) is 19.4. The number of carbonyl (C=O) groups is 2. The number of ether oxygens (including phenoxy) is 3. The van der Waals surface area contributed by atoms with Gasteiger partial charge in [-0.2, -0.15) is 0 Å². The monoisotopic (exact) mass is 373 g/mol. The zero-order valence-electron chi connectivity index (χ0n) is 16.1. The van der Waals surface area contributed by atoms with E-state index in [0.29, 0.717) is 26.0 Å². The van der Waals surface area contributed by atoms with Gasteiger partial charge in [0.05, 0.1) is 12.5 Å². The summed E-state index contributed by atoms with van der Waals surface area (Å²) in [4.78, 5) is 27.0. The molecule has 1 aromatic carbocycles. The summed E-state index contributed by atoms with van der Waals surface area (Å²) in [6, 6.07) is 7.51. The van der Waals surface area contributed by atoms with Gasteiger partial charge in [0, 0.05) is 45.2 Å². The number of esters is 1. The minimum absolute atomic E-state index is 0.0362. The van der Waals surface area contributed by atoms with Crippen molar-refractivity contribution in [3.05, 3.63) is 36.4 Å². The molecule has 2 aliphatic rings. The number of anilines is 1. The molecule has 1 aliphatic carbocycles. The maximum absolute atomic E-state index is 13.6. The molecule has 1 amide bonds. The van der Waals surface area contributed by atoms with Crippen LogP contribution in [0.25, 0.3) is 0 Å². The van der Waals surface area contributed by atoms with E-state index in [-0.39, 0.29) is 23.9 Å². The topological polar surface area (TPSA) is 65.1 Å². The molecule has 0 unspecified atom stereocenters. The lowest BCUT2D eigenvalue weighted by Gasteiger charge is -2.49. The highest BCUT2D eigenvalue weighted by atomic mass is 16.5. The number of carbonyl (C=O) groups excluding carboxylic acids is 2. The molecule has 6 heteroatoms. The van der Waals surface area contributed by atoms with E-state index < -0.39 is 5.41 Å². The van der Waals surface area contributed by atoms with Crippen molar-refractivity contribution < 1.29 is 23.8 Å². The molecular weight excluding hydrogens is 346 g/mol. The minimum Gasteiger partial charge on any atom is -0.497 e. The van der Waals surface area contributed by atoms with E-state index in [0.717, 1.165) is 17.9 Å². The molecule has 1 saturated heterocycles. The van der Waals surface area contributed by atoms with E-state index in [4.69, 9.17) is 14.2 Å². The summed E-state index contributed by atoms with van der Waals surface area (Å²) in [5, 5.41) is 0. The van der Waals surface area contributed by atoms with Crippen molar-refractivity contribution in [1.29, 1.82) is 0 Å². The van der Waals surface area contributed by atoms with Gasteiger partial charge in [0.1, 0.15) is 11.9 Å². The van der Waals surface area contributed by atoms with Gasteiger partial charge in [-0.15, -0.1) is 0 Å². The van der Waals surface area contributed by atoms with Crippen molar-refractivity contribution in [2.24, 2.45) is 11.3 Å². The first-order valence-corrected chi connectivity index (χ1v) is 9.31. The third-order valence-electron chi connectivity index (χ3n) is 5.62. The molecule has 3 rings (SSSR count). The summed E-state index contributed by atoms with van der Waals surface area (Å²) in [5.74, 6) is 0.446. The van der Waals surface area contributed by atoms with Crippen molar-refractivity contribution >= 4 is 17.6 Å². The first-order valence-electron chi connectivity index (χ1n) is 9.31. The molecule has 0 bridgehead atoms. The second-order valence-electron chi connectivity index (χ2n) is 7.12. The van der Waals surface area contributed by atoms with E-state index in [1.807, 2.05) is 41.3 Å². The van der Waals surface area contributed by atoms with Crippen molar-refractivity contribution in [3.8, 4) is 5.75 Å². The van der Waals surface area contributed by atoms with Crippen LogP contribution >= 0.6 is 0 Å². The fourth-order valence-corrected chi connectivity index (χ4v) is 4.32. The highest BCUT2D eigenvalue weighted by Gasteiger charge is 2.53. The number of rotatable bonds is 6. The molecule has 1 fully saturated rings. The van der Waals surface area contributed by atoms with E-state index in [1.54, 1.807) is 14.2 Å². The fraction of sp³-hybridized carbons (Fsp3) is 0.524. The van der Waals surface area contributed by atoms with Crippen LogP contribution in [0.1, 0.15) is 26.2 Å². The highest BCUT2D eigenvalue weighted by molar-refractivity contribution is 6.00. The van der Waals surface area contributed by atoms with E-state index in [1.165, 1.54) is 6.92 Å². The van der Waals surface area contributed by atoms with Gasteiger partial charge in [-0.1, -0.05) is 12.2 Å². The van der Waals surface area contributed by atoms with Crippen molar-refractivity contribution in [3.63, 3.8) is 0 Å². The summed E-state index contributed by atoms with van der Waals surface area (Å²) in [6.45, 7) is 2.48. The minimum atomic E-state index is -0.716. The van der Waals surface area contributed by atoms with Gasteiger partial charge >= 0.3 is 5.97 Å².